The molecule has 0 bridgehead atoms. The summed E-state index contributed by atoms with van der Waals surface area (Å²) in [6, 6.07) is 3.83. The van der Waals surface area contributed by atoms with Crippen LogP contribution in [0.25, 0.3) is 0 Å². The highest BCUT2D eigenvalue weighted by atomic mass is 35.5. The Hall–Kier alpha value is -1.17. The quantitative estimate of drug-likeness (QED) is 0.832. The van der Waals surface area contributed by atoms with Crippen molar-refractivity contribution in [3.05, 3.63) is 29.0 Å². The molecule has 1 amide bonds. The van der Waals surface area contributed by atoms with Crippen molar-refractivity contribution in [2.75, 3.05) is 26.2 Å². The van der Waals surface area contributed by atoms with Crippen molar-refractivity contribution in [1.29, 1.82) is 0 Å². The molecule has 19 heavy (non-hydrogen) atoms. The van der Waals surface area contributed by atoms with Crippen LogP contribution >= 0.6 is 11.6 Å². The third kappa shape index (κ3) is 3.65. The number of aliphatic hydroxyl groups is 1. The monoisotopic (exact) mass is 283 g/mol. The molecule has 1 N–H and O–H groups in total. The number of carbonyl (C=O) groups excluding carboxylic acids is 1. The van der Waals surface area contributed by atoms with Gasteiger partial charge in [0.1, 0.15) is 11.3 Å². The first-order chi connectivity index (χ1) is 9.08. The topological polar surface area (TPSA) is 56.7 Å². The Morgan fingerprint density at radius 3 is 2.74 bits per heavy atom. The highest BCUT2D eigenvalue weighted by Gasteiger charge is 2.23. The standard InChI is InChI=1S/C13H18ClN3O2/c1-10(18)13(19)17-7-5-16(6-8-17)9-11-3-2-4-15-12(11)14/h2-4,10,18H,5-9H2,1H3. The summed E-state index contributed by atoms with van der Waals surface area (Å²) < 4.78 is 0. The van der Waals surface area contributed by atoms with E-state index in [2.05, 4.69) is 9.88 Å². The summed E-state index contributed by atoms with van der Waals surface area (Å²) in [5, 5.41) is 9.81. The molecule has 1 aliphatic rings. The lowest BCUT2D eigenvalue weighted by Gasteiger charge is -2.35. The highest BCUT2D eigenvalue weighted by molar-refractivity contribution is 6.30. The maximum atomic E-state index is 11.6. The molecule has 1 aromatic rings. The fourth-order valence-electron chi connectivity index (χ4n) is 2.17. The second-order valence-electron chi connectivity index (χ2n) is 4.73. The van der Waals surface area contributed by atoms with Crippen LogP contribution in [0.4, 0.5) is 0 Å². The van der Waals surface area contributed by atoms with E-state index in [9.17, 15) is 9.90 Å². The van der Waals surface area contributed by atoms with E-state index in [1.54, 1.807) is 11.1 Å². The zero-order valence-electron chi connectivity index (χ0n) is 10.9. The number of aliphatic hydroxyl groups excluding tert-OH is 1. The minimum atomic E-state index is -0.917. The maximum absolute atomic E-state index is 11.6. The first-order valence-electron chi connectivity index (χ1n) is 6.36. The van der Waals surface area contributed by atoms with Crippen molar-refractivity contribution < 1.29 is 9.90 Å². The smallest absolute Gasteiger partial charge is 0.251 e. The van der Waals surface area contributed by atoms with Crippen molar-refractivity contribution in [2.24, 2.45) is 0 Å². The Balaban J connectivity index is 1.87. The lowest BCUT2D eigenvalue weighted by molar-refractivity contribution is -0.141. The third-order valence-electron chi connectivity index (χ3n) is 3.27. The van der Waals surface area contributed by atoms with E-state index in [1.807, 2.05) is 12.1 Å². The maximum Gasteiger partial charge on any atom is 0.251 e. The highest BCUT2D eigenvalue weighted by Crippen LogP contribution is 2.15. The summed E-state index contributed by atoms with van der Waals surface area (Å²) in [5.74, 6) is -0.195. The van der Waals surface area contributed by atoms with E-state index in [0.29, 0.717) is 18.2 Å². The van der Waals surface area contributed by atoms with Crippen LogP contribution in [0.15, 0.2) is 18.3 Å². The van der Waals surface area contributed by atoms with Gasteiger partial charge >= 0.3 is 0 Å². The van der Waals surface area contributed by atoms with Crippen LogP contribution in [0.3, 0.4) is 0 Å². The summed E-state index contributed by atoms with van der Waals surface area (Å²) >= 11 is 6.03. The molecule has 0 aliphatic carbocycles. The summed E-state index contributed by atoms with van der Waals surface area (Å²) in [4.78, 5) is 19.6. The molecule has 1 saturated heterocycles. The molecule has 0 radical (unpaired) electrons. The largest absolute Gasteiger partial charge is 0.384 e. The zero-order valence-corrected chi connectivity index (χ0v) is 11.7. The average molecular weight is 284 g/mol. The van der Waals surface area contributed by atoms with Crippen molar-refractivity contribution in [2.45, 2.75) is 19.6 Å². The van der Waals surface area contributed by atoms with Crippen LogP contribution < -0.4 is 0 Å². The zero-order chi connectivity index (χ0) is 13.8. The SMILES string of the molecule is CC(O)C(=O)N1CCN(Cc2cccnc2Cl)CC1. The fraction of sp³-hybridized carbons (Fsp3) is 0.538. The van der Waals surface area contributed by atoms with E-state index < -0.39 is 6.10 Å². The van der Waals surface area contributed by atoms with Gasteiger partial charge in [0.05, 0.1) is 0 Å². The van der Waals surface area contributed by atoms with Gasteiger partial charge in [-0.1, -0.05) is 17.7 Å². The molecule has 2 heterocycles. The van der Waals surface area contributed by atoms with E-state index in [-0.39, 0.29) is 5.91 Å². The van der Waals surface area contributed by atoms with Crippen LogP contribution in [0.2, 0.25) is 5.15 Å². The minimum Gasteiger partial charge on any atom is -0.384 e. The molecule has 6 heteroatoms. The summed E-state index contributed by atoms with van der Waals surface area (Å²) in [6.07, 6.45) is 0.754. The molecule has 0 spiro atoms. The second kappa shape index (κ2) is 6.32. The molecule has 5 nitrogen and oxygen atoms in total. The normalized spacial score (nSPS) is 18.4. The molecule has 1 aliphatic heterocycles. The molecule has 0 aromatic carbocycles. The van der Waals surface area contributed by atoms with Crippen LogP contribution in [-0.4, -0.2) is 58.1 Å². The van der Waals surface area contributed by atoms with Gasteiger partial charge in [0.25, 0.3) is 5.91 Å². The number of aromatic nitrogens is 1. The van der Waals surface area contributed by atoms with Crippen molar-refractivity contribution in [3.63, 3.8) is 0 Å². The summed E-state index contributed by atoms with van der Waals surface area (Å²) in [6.45, 7) is 5.09. The molecule has 104 valence electrons. The third-order valence-corrected chi connectivity index (χ3v) is 3.61. The van der Waals surface area contributed by atoms with Gasteiger partial charge in [0.2, 0.25) is 0 Å². The van der Waals surface area contributed by atoms with Gasteiger partial charge in [0, 0.05) is 44.5 Å². The molecule has 1 fully saturated rings. The van der Waals surface area contributed by atoms with Crippen molar-refractivity contribution in [1.82, 2.24) is 14.8 Å². The van der Waals surface area contributed by atoms with Gasteiger partial charge in [-0.25, -0.2) is 4.98 Å². The number of nitrogens with zero attached hydrogens (tertiary/aromatic N) is 3. The van der Waals surface area contributed by atoms with Gasteiger partial charge in [0.15, 0.2) is 0 Å². The predicted molar refractivity (Wildman–Crippen MR) is 72.8 cm³/mol. The number of rotatable bonds is 3. The van der Waals surface area contributed by atoms with Crippen molar-refractivity contribution >= 4 is 17.5 Å². The molecule has 0 saturated carbocycles. The molecule has 1 aromatic heterocycles. The molecular weight excluding hydrogens is 266 g/mol. The number of piperazine rings is 1. The van der Waals surface area contributed by atoms with Gasteiger partial charge < -0.3 is 10.0 Å². The lowest BCUT2D eigenvalue weighted by Crippen LogP contribution is -2.50. The number of carbonyl (C=O) groups is 1. The van der Waals surface area contributed by atoms with Crippen LogP contribution in [0, 0.1) is 0 Å². The van der Waals surface area contributed by atoms with Gasteiger partial charge in [-0.15, -0.1) is 0 Å². The number of halogens is 1. The van der Waals surface area contributed by atoms with Gasteiger partial charge in [-0.2, -0.15) is 0 Å². The van der Waals surface area contributed by atoms with Crippen LogP contribution in [0.1, 0.15) is 12.5 Å². The van der Waals surface area contributed by atoms with Crippen molar-refractivity contribution in [3.8, 4) is 0 Å². The Morgan fingerprint density at radius 2 is 2.16 bits per heavy atom. The first kappa shape index (κ1) is 14.2. The number of hydrogen-bond donors (Lipinski definition) is 1. The number of hydrogen-bond acceptors (Lipinski definition) is 4. The Morgan fingerprint density at radius 1 is 1.47 bits per heavy atom. The lowest BCUT2D eigenvalue weighted by atomic mass is 10.2. The minimum absolute atomic E-state index is 0.195. The summed E-state index contributed by atoms with van der Waals surface area (Å²) in [7, 11) is 0. The average Bonchev–Trinajstić information content (AvgIpc) is 2.41. The van der Waals surface area contributed by atoms with E-state index in [1.165, 1.54) is 6.92 Å². The van der Waals surface area contributed by atoms with E-state index in [4.69, 9.17) is 11.6 Å². The Bertz CT molecular complexity index is 445. The Labute approximate surface area is 117 Å². The van der Waals surface area contributed by atoms with E-state index >= 15 is 0 Å². The number of pyridine rings is 1. The predicted octanol–water partition coefficient (Wildman–Crippen LogP) is 0.760. The van der Waals surface area contributed by atoms with E-state index in [0.717, 1.165) is 25.2 Å². The fourth-order valence-corrected chi connectivity index (χ4v) is 2.35. The molecule has 1 unspecified atom stereocenters. The van der Waals surface area contributed by atoms with Gasteiger partial charge in [-0.3, -0.25) is 9.69 Å². The van der Waals surface area contributed by atoms with Crippen LogP contribution in [0.5, 0.6) is 0 Å². The first-order valence-corrected chi connectivity index (χ1v) is 6.74. The molecule has 1 atom stereocenters. The second-order valence-corrected chi connectivity index (χ2v) is 5.09. The van der Waals surface area contributed by atoms with Gasteiger partial charge in [-0.05, 0) is 13.0 Å². The van der Waals surface area contributed by atoms with Crippen LogP contribution in [-0.2, 0) is 11.3 Å². The molecular formula is C13H18ClN3O2. The summed E-state index contributed by atoms with van der Waals surface area (Å²) in [5.41, 5.74) is 1.000. The Kier molecular flexibility index (Phi) is 4.74. The molecule has 2 rings (SSSR count). The number of amides is 1.